The minimum Gasteiger partial charge on any atom is -0.327 e. The molecule has 2 aromatic heterocycles. The third-order valence-electron chi connectivity index (χ3n) is 3.01. The van der Waals surface area contributed by atoms with Crippen molar-refractivity contribution in [2.45, 2.75) is 32.4 Å². The molecule has 1 fully saturated rings. The molecule has 2 heterocycles. The first kappa shape index (κ1) is 10.8. The number of H-pyrrole nitrogens is 1. The summed E-state index contributed by atoms with van der Waals surface area (Å²) in [4.78, 5) is 31.3. The van der Waals surface area contributed by atoms with Gasteiger partial charge >= 0.3 is 5.69 Å². The minimum atomic E-state index is -0.303. The highest BCUT2D eigenvalue weighted by Gasteiger charge is 2.29. The van der Waals surface area contributed by atoms with Crippen molar-refractivity contribution in [2.75, 3.05) is 0 Å². The minimum absolute atomic E-state index is 0.193. The van der Waals surface area contributed by atoms with Crippen LogP contribution in [0.15, 0.2) is 14.3 Å². The zero-order chi connectivity index (χ0) is 12.2. The molecule has 0 bridgehead atoms. The second-order valence-electron chi connectivity index (χ2n) is 4.16. The van der Waals surface area contributed by atoms with Gasteiger partial charge in [0.1, 0.15) is 0 Å². The Balaban J connectivity index is 2.51. The van der Waals surface area contributed by atoms with E-state index in [0.717, 1.165) is 12.8 Å². The van der Waals surface area contributed by atoms with Gasteiger partial charge < -0.3 is 4.98 Å². The van der Waals surface area contributed by atoms with E-state index in [1.165, 1.54) is 4.57 Å². The summed E-state index contributed by atoms with van der Waals surface area (Å²) in [6.45, 7) is 2.16. The Hall–Kier alpha value is -1.37. The average Bonchev–Trinajstić information content (AvgIpc) is 3.02. The van der Waals surface area contributed by atoms with Crippen LogP contribution in [0, 0.1) is 0 Å². The van der Waals surface area contributed by atoms with E-state index in [9.17, 15) is 9.59 Å². The molecule has 0 unspecified atom stereocenters. The van der Waals surface area contributed by atoms with Gasteiger partial charge in [0.2, 0.25) is 0 Å². The Labute approximate surface area is 104 Å². The normalized spacial score (nSPS) is 15.6. The summed E-state index contributed by atoms with van der Waals surface area (Å²) >= 11 is 3.20. The number of fused-ring (bicyclic) bond motifs is 1. The summed E-state index contributed by atoms with van der Waals surface area (Å²) in [6.07, 6.45) is 1.95. The van der Waals surface area contributed by atoms with Crippen LogP contribution >= 0.6 is 15.9 Å². The van der Waals surface area contributed by atoms with Gasteiger partial charge in [0.15, 0.2) is 15.9 Å². The van der Waals surface area contributed by atoms with Gasteiger partial charge in [-0.05, 0) is 35.7 Å². The van der Waals surface area contributed by atoms with Crippen LogP contribution in [0.4, 0.5) is 0 Å². The predicted octanol–water partition coefficient (Wildman–Crippen LogP) is 1.00. The van der Waals surface area contributed by atoms with Gasteiger partial charge in [0.05, 0.1) is 0 Å². The number of aromatic nitrogens is 4. The van der Waals surface area contributed by atoms with Gasteiger partial charge in [-0.15, -0.1) is 0 Å². The van der Waals surface area contributed by atoms with Crippen LogP contribution in [0.3, 0.4) is 0 Å². The monoisotopic (exact) mass is 298 g/mol. The molecular weight excluding hydrogens is 288 g/mol. The molecule has 17 heavy (non-hydrogen) atoms. The molecule has 1 saturated carbocycles. The van der Waals surface area contributed by atoms with Crippen LogP contribution in [-0.4, -0.2) is 19.1 Å². The quantitative estimate of drug-likeness (QED) is 0.841. The van der Waals surface area contributed by atoms with E-state index in [1.807, 2.05) is 0 Å². The Morgan fingerprint density at radius 1 is 1.47 bits per heavy atom. The molecule has 3 rings (SSSR count). The number of nitrogens with one attached hydrogen (secondary N) is 1. The lowest BCUT2D eigenvalue weighted by Crippen LogP contribution is -2.39. The third-order valence-corrected chi connectivity index (χ3v) is 3.38. The van der Waals surface area contributed by atoms with Crippen LogP contribution in [0.25, 0.3) is 11.2 Å². The number of imidazole rings is 1. The fourth-order valence-electron chi connectivity index (χ4n) is 2.04. The molecule has 0 amide bonds. The molecule has 0 aliphatic heterocycles. The highest BCUT2D eigenvalue weighted by molar-refractivity contribution is 9.10. The third kappa shape index (κ3) is 1.49. The van der Waals surface area contributed by atoms with Crippen molar-refractivity contribution in [3.63, 3.8) is 0 Å². The summed E-state index contributed by atoms with van der Waals surface area (Å²) in [5, 5.41) is 0. The van der Waals surface area contributed by atoms with Crippen LogP contribution in [-0.2, 0) is 6.54 Å². The number of nitrogens with zero attached hydrogens (tertiary/aromatic N) is 3. The molecule has 0 spiro atoms. The zero-order valence-electron chi connectivity index (χ0n) is 9.23. The second-order valence-corrected chi connectivity index (χ2v) is 4.91. The molecule has 1 aliphatic rings. The first-order chi connectivity index (χ1) is 8.13. The summed E-state index contributed by atoms with van der Waals surface area (Å²) in [5.41, 5.74) is 0.290. The van der Waals surface area contributed by atoms with E-state index in [0.29, 0.717) is 22.4 Å². The number of hydrogen-bond acceptors (Lipinski definition) is 3. The topological polar surface area (TPSA) is 72.7 Å². The van der Waals surface area contributed by atoms with Gasteiger partial charge in [-0.3, -0.25) is 13.9 Å². The number of halogens is 1. The average molecular weight is 299 g/mol. The first-order valence-corrected chi connectivity index (χ1v) is 6.33. The standard InChI is InChI=1S/C10H11BrN4O2/c1-2-14-8(16)6-7(13-9(11)12-6)15(10(14)17)5-3-4-5/h5H,2-4H2,1H3,(H,12,13). The van der Waals surface area contributed by atoms with E-state index in [4.69, 9.17) is 0 Å². The molecule has 7 heteroatoms. The second kappa shape index (κ2) is 3.56. The smallest absolute Gasteiger partial charge is 0.327 e. The number of aromatic amines is 1. The van der Waals surface area contributed by atoms with Crippen molar-refractivity contribution in [1.82, 2.24) is 19.1 Å². The van der Waals surface area contributed by atoms with Crippen LogP contribution in [0.1, 0.15) is 25.8 Å². The maximum Gasteiger partial charge on any atom is 0.332 e. The van der Waals surface area contributed by atoms with Crippen molar-refractivity contribution >= 4 is 27.1 Å². The molecule has 0 saturated heterocycles. The molecule has 0 atom stereocenters. The highest BCUT2D eigenvalue weighted by atomic mass is 79.9. The Bertz CT molecular complexity index is 707. The van der Waals surface area contributed by atoms with Crippen molar-refractivity contribution in [3.05, 3.63) is 25.6 Å². The SMILES string of the molecule is CCn1c(=O)c2[nH]c(Br)nc2n(C2CC2)c1=O. The van der Waals surface area contributed by atoms with E-state index in [1.54, 1.807) is 11.5 Å². The van der Waals surface area contributed by atoms with Crippen LogP contribution < -0.4 is 11.2 Å². The maximum absolute atomic E-state index is 12.2. The molecule has 90 valence electrons. The molecule has 0 radical (unpaired) electrons. The molecule has 0 aromatic carbocycles. The Morgan fingerprint density at radius 2 is 2.18 bits per heavy atom. The maximum atomic E-state index is 12.2. The van der Waals surface area contributed by atoms with Crippen LogP contribution in [0.2, 0.25) is 0 Å². The van der Waals surface area contributed by atoms with Crippen molar-refractivity contribution in [2.24, 2.45) is 0 Å². The van der Waals surface area contributed by atoms with Gasteiger partial charge in [-0.25, -0.2) is 9.78 Å². The fourth-order valence-corrected chi connectivity index (χ4v) is 2.41. The van der Waals surface area contributed by atoms with Gasteiger partial charge in [0.25, 0.3) is 5.56 Å². The van der Waals surface area contributed by atoms with Gasteiger partial charge in [-0.1, -0.05) is 0 Å². The molecule has 1 aliphatic carbocycles. The predicted molar refractivity (Wildman–Crippen MR) is 66.3 cm³/mol. The summed E-state index contributed by atoms with van der Waals surface area (Å²) in [6, 6.07) is 0.193. The lowest BCUT2D eigenvalue weighted by atomic mass is 10.4. The first-order valence-electron chi connectivity index (χ1n) is 5.54. The highest BCUT2D eigenvalue weighted by Crippen LogP contribution is 2.34. The molecule has 1 N–H and O–H groups in total. The van der Waals surface area contributed by atoms with E-state index >= 15 is 0 Å². The molecule has 2 aromatic rings. The Morgan fingerprint density at radius 3 is 2.76 bits per heavy atom. The van der Waals surface area contributed by atoms with Gasteiger partial charge in [0, 0.05) is 12.6 Å². The van der Waals surface area contributed by atoms with E-state index < -0.39 is 0 Å². The van der Waals surface area contributed by atoms with E-state index in [-0.39, 0.29) is 17.3 Å². The summed E-state index contributed by atoms with van der Waals surface area (Å²) in [5.74, 6) is 0. The summed E-state index contributed by atoms with van der Waals surface area (Å²) < 4.78 is 3.35. The largest absolute Gasteiger partial charge is 0.332 e. The lowest BCUT2D eigenvalue weighted by molar-refractivity contribution is 0.597. The summed E-state index contributed by atoms with van der Waals surface area (Å²) in [7, 11) is 0. The van der Waals surface area contributed by atoms with Crippen molar-refractivity contribution < 1.29 is 0 Å². The van der Waals surface area contributed by atoms with Crippen molar-refractivity contribution in [1.29, 1.82) is 0 Å². The molecule has 6 nitrogen and oxygen atoms in total. The van der Waals surface area contributed by atoms with Crippen LogP contribution in [0.5, 0.6) is 0 Å². The number of rotatable bonds is 2. The van der Waals surface area contributed by atoms with Gasteiger partial charge in [-0.2, -0.15) is 0 Å². The fraction of sp³-hybridized carbons (Fsp3) is 0.500. The number of hydrogen-bond donors (Lipinski definition) is 1. The Kier molecular flexibility index (Phi) is 2.25. The van der Waals surface area contributed by atoms with E-state index in [2.05, 4.69) is 25.9 Å². The van der Waals surface area contributed by atoms with Crippen molar-refractivity contribution in [3.8, 4) is 0 Å². The zero-order valence-corrected chi connectivity index (χ0v) is 10.8. The molecular formula is C10H11BrN4O2. The lowest BCUT2D eigenvalue weighted by Gasteiger charge is -2.08.